The Morgan fingerprint density at radius 3 is 2.70 bits per heavy atom. The van der Waals surface area contributed by atoms with Crippen molar-refractivity contribution in [1.29, 1.82) is 0 Å². The molecule has 3 rings (SSSR count). The van der Waals surface area contributed by atoms with Crippen molar-refractivity contribution in [3.05, 3.63) is 53.5 Å². The van der Waals surface area contributed by atoms with Crippen LogP contribution in [0.4, 0.5) is 0 Å². The smallest absolute Gasteiger partial charge is 0.259 e. The van der Waals surface area contributed by atoms with Gasteiger partial charge in [0.1, 0.15) is 11.7 Å². The number of aromatic nitrogens is 2. The second-order valence-electron chi connectivity index (χ2n) is 8.31. The molecule has 2 amide bonds. The second-order valence-corrected chi connectivity index (χ2v) is 8.31. The number of hydrogen-bond acceptors (Lipinski definition) is 6. The Kier molecular flexibility index (Phi) is 8.01. The van der Waals surface area contributed by atoms with Gasteiger partial charge in [0.05, 0.1) is 19.2 Å². The molecule has 0 saturated carbocycles. The van der Waals surface area contributed by atoms with E-state index in [0.717, 1.165) is 5.56 Å². The fourth-order valence-corrected chi connectivity index (χ4v) is 3.61. The van der Waals surface area contributed by atoms with Gasteiger partial charge in [0.2, 0.25) is 11.8 Å². The summed E-state index contributed by atoms with van der Waals surface area (Å²) in [7, 11) is 1.74. The zero-order chi connectivity index (χ0) is 24.0. The Balaban J connectivity index is 1.98. The standard InChI is InChI=1S/C25H30N4O4/c1-5-23(31)28(4)15-22-17(2)14-29(18(3)16-30)25(32)21-12-20(13-27-24(21)33-22)7-6-19-8-10-26-11-9-19/h8-13,17-18,22,30H,5,14-16H2,1-4H3/t17-,18-,22+/m1/s1. The lowest BCUT2D eigenvalue weighted by Crippen LogP contribution is -2.50. The lowest BCUT2D eigenvalue weighted by molar-refractivity contribution is -0.131. The topological polar surface area (TPSA) is 95.9 Å². The van der Waals surface area contributed by atoms with Gasteiger partial charge in [0, 0.05) is 55.6 Å². The van der Waals surface area contributed by atoms with Gasteiger partial charge in [-0.15, -0.1) is 0 Å². The highest BCUT2D eigenvalue weighted by atomic mass is 16.5. The Morgan fingerprint density at radius 1 is 1.33 bits per heavy atom. The first-order chi connectivity index (χ1) is 15.8. The minimum absolute atomic E-state index is 0.0134. The van der Waals surface area contributed by atoms with Gasteiger partial charge in [-0.1, -0.05) is 25.7 Å². The van der Waals surface area contributed by atoms with Crippen molar-refractivity contribution in [2.75, 3.05) is 26.7 Å². The van der Waals surface area contributed by atoms with E-state index in [0.29, 0.717) is 25.1 Å². The number of carbonyl (C=O) groups is 2. The van der Waals surface area contributed by atoms with Gasteiger partial charge in [-0.05, 0) is 25.1 Å². The predicted octanol–water partition coefficient (Wildman–Crippen LogP) is 1.96. The summed E-state index contributed by atoms with van der Waals surface area (Å²) >= 11 is 0. The molecule has 1 N–H and O–H groups in total. The van der Waals surface area contributed by atoms with Crippen LogP contribution in [-0.4, -0.2) is 75.6 Å². The normalized spacial score (nSPS) is 18.7. The molecule has 0 saturated heterocycles. The highest BCUT2D eigenvalue weighted by Crippen LogP contribution is 2.27. The van der Waals surface area contributed by atoms with Crippen molar-refractivity contribution in [2.45, 2.75) is 39.3 Å². The van der Waals surface area contributed by atoms with Crippen LogP contribution in [0.5, 0.6) is 5.88 Å². The summed E-state index contributed by atoms with van der Waals surface area (Å²) in [4.78, 5) is 37.2. The van der Waals surface area contributed by atoms with Crippen LogP contribution in [0.2, 0.25) is 0 Å². The third kappa shape index (κ3) is 5.88. The summed E-state index contributed by atoms with van der Waals surface area (Å²) in [6, 6.07) is 4.89. The van der Waals surface area contributed by atoms with E-state index in [-0.39, 0.29) is 47.9 Å². The molecule has 33 heavy (non-hydrogen) atoms. The number of fused-ring (bicyclic) bond motifs is 1. The number of rotatable bonds is 5. The summed E-state index contributed by atoms with van der Waals surface area (Å²) in [6.45, 7) is 6.17. The quantitative estimate of drug-likeness (QED) is 0.700. The zero-order valence-electron chi connectivity index (χ0n) is 19.5. The fraction of sp³-hybridized carbons (Fsp3) is 0.440. The number of aliphatic hydroxyl groups excluding tert-OH is 1. The molecule has 0 spiro atoms. The van der Waals surface area contributed by atoms with E-state index in [9.17, 15) is 14.7 Å². The lowest BCUT2D eigenvalue weighted by Gasteiger charge is -2.37. The molecule has 1 aliphatic rings. The number of pyridine rings is 2. The Labute approximate surface area is 194 Å². The lowest BCUT2D eigenvalue weighted by atomic mass is 10.00. The van der Waals surface area contributed by atoms with E-state index in [1.165, 1.54) is 0 Å². The number of nitrogens with zero attached hydrogens (tertiary/aromatic N) is 4. The molecule has 0 unspecified atom stereocenters. The molecule has 0 fully saturated rings. The van der Waals surface area contributed by atoms with Crippen LogP contribution in [0.1, 0.15) is 48.7 Å². The number of carbonyl (C=O) groups excluding carboxylic acids is 2. The van der Waals surface area contributed by atoms with Crippen LogP contribution < -0.4 is 4.74 Å². The van der Waals surface area contributed by atoms with Gasteiger partial charge in [-0.25, -0.2) is 4.98 Å². The van der Waals surface area contributed by atoms with Crippen molar-refractivity contribution in [3.63, 3.8) is 0 Å². The van der Waals surface area contributed by atoms with Crippen molar-refractivity contribution in [3.8, 4) is 17.7 Å². The van der Waals surface area contributed by atoms with E-state index < -0.39 is 0 Å². The van der Waals surface area contributed by atoms with E-state index in [1.54, 1.807) is 60.6 Å². The third-order valence-electron chi connectivity index (χ3n) is 5.73. The average molecular weight is 451 g/mol. The first kappa shape index (κ1) is 24.2. The molecule has 0 aromatic carbocycles. The first-order valence-corrected chi connectivity index (χ1v) is 11.1. The van der Waals surface area contributed by atoms with E-state index in [4.69, 9.17) is 4.74 Å². The van der Waals surface area contributed by atoms with E-state index in [1.807, 2.05) is 13.8 Å². The molecular weight excluding hydrogens is 420 g/mol. The molecule has 174 valence electrons. The molecule has 0 aliphatic carbocycles. The van der Waals surface area contributed by atoms with Crippen molar-refractivity contribution >= 4 is 11.8 Å². The molecule has 3 heterocycles. The monoisotopic (exact) mass is 450 g/mol. The highest BCUT2D eigenvalue weighted by molar-refractivity contribution is 5.97. The zero-order valence-corrected chi connectivity index (χ0v) is 19.5. The van der Waals surface area contributed by atoms with Gasteiger partial charge in [0.25, 0.3) is 5.91 Å². The summed E-state index contributed by atoms with van der Waals surface area (Å²) in [5.41, 5.74) is 1.66. The number of amides is 2. The van der Waals surface area contributed by atoms with Crippen LogP contribution in [0.3, 0.4) is 0 Å². The van der Waals surface area contributed by atoms with E-state index in [2.05, 4.69) is 21.8 Å². The maximum atomic E-state index is 13.4. The second kappa shape index (κ2) is 10.9. The Morgan fingerprint density at radius 2 is 2.03 bits per heavy atom. The molecule has 3 atom stereocenters. The van der Waals surface area contributed by atoms with Gasteiger partial charge in [0.15, 0.2) is 0 Å². The highest BCUT2D eigenvalue weighted by Gasteiger charge is 2.34. The number of hydrogen-bond donors (Lipinski definition) is 1. The number of ether oxygens (including phenoxy) is 1. The third-order valence-corrected chi connectivity index (χ3v) is 5.73. The maximum absolute atomic E-state index is 13.4. The van der Waals surface area contributed by atoms with Crippen molar-refractivity contribution < 1.29 is 19.4 Å². The average Bonchev–Trinajstić information content (AvgIpc) is 2.84. The van der Waals surface area contributed by atoms with Crippen molar-refractivity contribution in [1.82, 2.24) is 19.8 Å². The summed E-state index contributed by atoms with van der Waals surface area (Å²) in [5.74, 6) is 5.93. The number of aliphatic hydroxyl groups is 1. The van der Waals surface area contributed by atoms with E-state index >= 15 is 0 Å². The Bertz CT molecular complexity index is 1050. The van der Waals surface area contributed by atoms with Crippen molar-refractivity contribution in [2.24, 2.45) is 5.92 Å². The molecule has 8 nitrogen and oxygen atoms in total. The molecule has 1 aliphatic heterocycles. The minimum Gasteiger partial charge on any atom is -0.472 e. The predicted molar refractivity (Wildman–Crippen MR) is 124 cm³/mol. The first-order valence-electron chi connectivity index (χ1n) is 11.1. The minimum atomic E-state index is -0.381. The summed E-state index contributed by atoms with van der Waals surface area (Å²) in [5, 5.41) is 9.76. The van der Waals surface area contributed by atoms with Crippen LogP contribution in [0.25, 0.3) is 0 Å². The summed E-state index contributed by atoms with van der Waals surface area (Å²) in [6.07, 6.45) is 4.93. The molecule has 2 aromatic heterocycles. The maximum Gasteiger partial charge on any atom is 0.259 e. The number of likely N-dealkylation sites (N-methyl/N-ethyl adjacent to an activating group) is 1. The van der Waals surface area contributed by atoms with Crippen LogP contribution in [0.15, 0.2) is 36.8 Å². The van der Waals surface area contributed by atoms with Crippen LogP contribution >= 0.6 is 0 Å². The Hall–Kier alpha value is -3.44. The molecule has 8 heteroatoms. The molecule has 0 bridgehead atoms. The SMILES string of the molecule is CCC(=O)N(C)C[C@@H]1Oc2ncc(C#Cc3ccncc3)cc2C(=O)N([C@H](C)CO)C[C@H]1C. The van der Waals surface area contributed by atoms with Gasteiger partial charge in [-0.2, -0.15) is 0 Å². The van der Waals surface area contributed by atoms with Gasteiger partial charge in [-0.3, -0.25) is 14.6 Å². The summed E-state index contributed by atoms with van der Waals surface area (Å²) < 4.78 is 6.19. The largest absolute Gasteiger partial charge is 0.472 e. The fourth-order valence-electron chi connectivity index (χ4n) is 3.61. The van der Waals surface area contributed by atoms with Crippen LogP contribution in [0, 0.1) is 17.8 Å². The molecular formula is C25H30N4O4. The molecule has 2 aromatic rings. The molecule has 0 radical (unpaired) electrons. The van der Waals surface area contributed by atoms with Gasteiger partial charge < -0.3 is 19.6 Å². The van der Waals surface area contributed by atoms with Crippen LogP contribution in [-0.2, 0) is 4.79 Å². The van der Waals surface area contributed by atoms with Gasteiger partial charge >= 0.3 is 0 Å².